The van der Waals surface area contributed by atoms with Crippen LogP contribution in [0, 0.1) is 23.7 Å². The monoisotopic (exact) mass is 300 g/mol. The highest BCUT2D eigenvalue weighted by Gasteiger charge is 2.55. The van der Waals surface area contributed by atoms with Crippen molar-refractivity contribution in [1.82, 2.24) is 0 Å². The Balaban J connectivity index is 1.51. The van der Waals surface area contributed by atoms with Gasteiger partial charge in [0.2, 0.25) is 0 Å². The lowest BCUT2D eigenvalue weighted by atomic mass is 9.80. The van der Waals surface area contributed by atoms with E-state index < -0.39 is 11.9 Å². The van der Waals surface area contributed by atoms with Gasteiger partial charge in [0.1, 0.15) is 6.10 Å². The van der Waals surface area contributed by atoms with Gasteiger partial charge in [-0.3, -0.25) is 0 Å². The highest BCUT2D eigenvalue weighted by molar-refractivity contribution is 6.02. The summed E-state index contributed by atoms with van der Waals surface area (Å²) in [4.78, 5) is 23.6. The molecule has 22 heavy (non-hydrogen) atoms. The molecule has 1 aromatic rings. The van der Waals surface area contributed by atoms with Gasteiger partial charge in [-0.05, 0) is 61.5 Å². The second-order valence-electron chi connectivity index (χ2n) is 6.95. The number of hydrogen-bond donors (Lipinski definition) is 1. The van der Waals surface area contributed by atoms with E-state index >= 15 is 0 Å². The van der Waals surface area contributed by atoms with E-state index in [-0.39, 0.29) is 17.2 Å². The number of fused-ring (bicyclic) bond motifs is 5. The maximum absolute atomic E-state index is 12.4. The molecular weight excluding hydrogens is 280 g/mol. The van der Waals surface area contributed by atoms with Gasteiger partial charge in [-0.25, -0.2) is 9.59 Å². The summed E-state index contributed by atoms with van der Waals surface area (Å²) in [5.41, 5.74) is 0.190. The molecule has 5 atom stereocenters. The smallest absolute Gasteiger partial charge is 0.339 e. The van der Waals surface area contributed by atoms with Crippen LogP contribution in [0.5, 0.6) is 0 Å². The van der Waals surface area contributed by atoms with Crippen LogP contribution < -0.4 is 0 Å². The summed E-state index contributed by atoms with van der Waals surface area (Å²) in [6.45, 7) is 0. The standard InChI is InChI=1S/C18H20O4/c19-17(20)13-4-1-2-5-14(13)18(21)22-16-9-10-8-15(16)12-7-3-6-11(10)12/h1-2,4-5,10-12,15-16H,3,6-9H2,(H,19,20)/t10-,11-,12+,15+,16-/m0/s1. The van der Waals surface area contributed by atoms with Gasteiger partial charge in [0.05, 0.1) is 11.1 Å². The Labute approximate surface area is 129 Å². The number of ether oxygens (including phenoxy) is 1. The van der Waals surface area contributed by atoms with Crippen molar-refractivity contribution in [3.05, 3.63) is 35.4 Å². The summed E-state index contributed by atoms with van der Waals surface area (Å²) in [7, 11) is 0. The Bertz CT molecular complexity index is 623. The molecular formula is C18H20O4. The Morgan fingerprint density at radius 3 is 2.50 bits per heavy atom. The summed E-state index contributed by atoms with van der Waals surface area (Å²) in [6, 6.07) is 6.29. The van der Waals surface area contributed by atoms with Gasteiger partial charge >= 0.3 is 11.9 Å². The molecule has 0 saturated heterocycles. The molecule has 1 aromatic carbocycles. The van der Waals surface area contributed by atoms with E-state index in [1.54, 1.807) is 12.1 Å². The molecule has 1 N–H and O–H groups in total. The number of carboxylic acid groups (broad SMARTS) is 1. The fourth-order valence-corrected chi connectivity index (χ4v) is 5.19. The molecule has 0 radical (unpaired) electrons. The second kappa shape index (κ2) is 5.11. The lowest BCUT2D eigenvalue weighted by molar-refractivity contribution is 0.00115. The van der Waals surface area contributed by atoms with Gasteiger partial charge in [-0.2, -0.15) is 0 Å². The molecule has 3 fully saturated rings. The number of carbonyl (C=O) groups excluding carboxylic acids is 1. The van der Waals surface area contributed by atoms with Gasteiger partial charge in [-0.1, -0.05) is 18.6 Å². The zero-order chi connectivity index (χ0) is 15.3. The molecule has 3 saturated carbocycles. The van der Waals surface area contributed by atoms with Gasteiger partial charge in [0.25, 0.3) is 0 Å². The molecule has 116 valence electrons. The van der Waals surface area contributed by atoms with Crippen LogP contribution >= 0.6 is 0 Å². The van der Waals surface area contributed by atoms with Crippen LogP contribution in [0.3, 0.4) is 0 Å². The van der Waals surface area contributed by atoms with Gasteiger partial charge in [0.15, 0.2) is 0 Å². The van der Waals surface area contributed by atoms with Crippen molar-refractivity contribution < 1.29 is 19.4 Å². The van der Waals surface area contributed by atoms with E-state index in [1.165, 1.54) is 37.8 Å². The summed E-state index contributed by atoms with van der Waals surface area (Å²) in [5, 5.41) is 9.20. The summed E-state index contributed by atoms with van der Waals surface area (Å²) < 4.78 is 5.73. The molecule has 0 spiro atoms. The van der Waals surface area contributed by atoms with E-state index in [2.05, 4.69) is 0 Å². The van der Waals surface area contributed by atoms with E-state index in [0.29, 0.717) is 11.8 Å². The van der Waals surface area contributed by atoms with E-state index in [9.17, 15) is 14.7 Å². The quantitative estimate of drug-likeness (QED) is 0.869. The first-order chi connectivity index (χ1) is 10.6. The van der Waals surface area contributed by atoms with Crippen molar-refractivity contribution in [2.24, 2.45) is 23.7 Å². The Kier molecular flexibility index (Phi) is 3.21. The molecule has 0 unspecified atom stereocenters. The fraction of sp³-hybridized carbons (Fsp3) is 0.556. The summed E-state index contributed by atoms with van der Waals surface area (Å²) in [5.74, 6) is 1.22. The number of esters is 1. The first-order valence-corrected chi connectivity index (χ1v) is 8.18. The average molecular weight is 300 g/mol. The third kappa shape index (κ3) is 2.04. The van der Waals surface area contributed by atoms with E-state index in [0.717, 1.165) is 18.3 Å². The number of aromatic carboxylic acids is 1. The average Bonchev–Trinajstić information content (AvgIpc) is 3.19. The van der Waals surface area contributed by atoms with Crippen LogP contribution in [0.4, 0.5) is 0 Å². The predicted octanol–water partition coefficient (Wildman–Crippen LogP) is 3.37. The van der Waals surface area contributed by atoms with Gasteiger partial charge in [0, 0.05) is 0 Å². The largest absolute Gasteiger partial charge is 0.478 e. The Morgan fingerprint density at radius 1 is 1.00 bits per heavy atom. The molecule has 2 bridgehead atoms. The third-order valence-electron chi connectivity index (χ3n) is 6.00. The summed E-state index contributed by atoms with van der Waals surface area (Å²) in [6.07, 6.45) is 6.06. The van der Waals surface area contributed by atoms with Gasteiger partial charge < -0.3 is 9.84 Å². The van der Waals surface area contributed by atoms with Crippen molar-refractivity contribution in [2.45, 2.75) is 38.2 Å². The molecule has 4 nitrogen and oxygen atoms in total. The lowest BCUT2D eigenvalue weighted by Crippen LogP contribution is -2.32. The molecule has 4 heteroatoms. The number of benzene rings is 1. The maximum atomic E-state index is 12.4. The maximum Gasteiger partial charge on any atom is 0.339 e. The Hall–Kier alpha value is -1.84. The minimum Gasteiger partial charge on any atom is -0.478 e. The lowest BCUT2D eigenvalue weighted by Gasteiger charge is -2.31. The predicted molar refractivity (Wildman–Crippen MR) is 79.6 cm³/mol. The minimum absolute atomic E-state index is 0.0151. The van der Waals surface area contributed by atoms with Crippen LogP contribution in [-0.4, -0.2) is 23.1 Å². The molecule has 4 rings (SSSR count). The number of carboxylic acids is 1. The van der Waals surface area contributed by atoms with Crippen molar-refractivity contribution in [2.75, 3.05) is 0 Å². The molecule has 3 aliphatic rings. The van der Waals surface area contributed by atoms with E-state index in [4.69, 9.17) is 4.74 Å². The zero-order valence-electron chi connectivity index (χ0n) is 12.4. The normalized spacial score (nSPS) is 35.4. The molecule has 0 heterocycles. The third-order valence-corrected chi connectivity index (χ3v) is 6.00. The topological polar surface area (TPSA) is 63.6 Å². The van der Waals surface area contributed by atoms with Crippen LogP contribution in [0.25, 0.3) is 0 Å². The molecule has 3 aliphatic carbocycles. The van der Waals surface area contributed by atoms with Crippen molar-refractivity contribution in [1.29, 1.82) is 0 Å². The van der Waals surface area contributed by atoms with Crippen LogP contribution in [-0.2, 0) is 4.74 Å². The SMILES string of the molecule is O=C(O)c1ccccc1C(=O)O[C@H]1C[C@@H]2C[C@@H]1[C@@H]1CCC[C@@H]21. The Morgan fingerprint density at radius 2 is 1.73 bits per heavy atom. The zero-order valence-corrected chi connectivity index (χ0v) is 12.4. The first-order valence-electron chi connectivity index (χ1n) is 8.18. The second-order valence-corrected chi connectivity index (χ2v) is 6.95. The molecule has 0 aliphatic heterocycles. The van der Waals surface area contributed by atoms with Crippen molar-refractivity contribution in [3.63, 3.8) is 0 Å². The highest BCUT2D eigenvalue weighted by Crippen LogP contribution is 2.59. The summed E-state index contributed by atoms with van der Waals surface area (Å²) >= 11 is 0. The van der Waals surface area contributed by atoms with Crippen LogP contribution in [0.15, 0.2) is 24.3 Å². The molecule has 0 aromatic heterocycles. The number of hydrogen-bond acceptors (Lipinski definition) is 3. The molecule has 0 amide bonds. The minimum atomic E-state index is -1.09. The number of rotatable bonds is 3. The van der Waals surface area contributed by atoms with Crippen LogP contribution in [0.1, 0.15) is 52.8 Å². The van der Waals surface area contributed by atoms with Crippen LogP contribution in [0.2, 0.25) is 0 Å². The number of carbonyl (C=O) groups is 2. The first kappa shape index (κ1) is 13.8. The highest BCUT2D eigenvalue weighted by atomic mass is 16.5. The van der Waals surface area contributed by atoms with Gasteiger partial charge in [-0.15, -0.1) is 0 Å². The fourth-order valence-electron chi connectivity index (χ4n) is 5.19. The van der Waals surface area contributed by atoms with E-state index in [1.807, 2.05) is 0 Å². The van der Waals surface area contributed by atoms with Crippen molar-refractivity contribution in [3.8, 4) is 0 Å². The van der Waals surface area contributed by atoms with Crippen molar-refractivity contribution >= 4 is 11.9 Å².